The van der Waals surface area contributed by atoms with Gasteiger partial charge in [0.15, 0.2) is 5.45 Å². The first-order chi connectivity index (χ1) is 5.63. The first kappa shape index (κ1) is 11.5. The minimum atomic E-state index is -2.08. The molecule has 6 heteroatoms. The predicted octanol–water partition coefficient (Wildman–Crippen LogP) is 0.867. The van der Waals surface area contributed by atoms with Gasteiger partial charge in [0, 0.05) is 0 Å². The van der Waals surface area contributed by atoms with E-state index < -0.39 is 19.8 Å². The van der Waals surface area contributed by atoms with Crippen LogP contribution in [0.25, 0.3) is 0 Å². The van der Waals surface area contributed by atoms with Crippen LogP contribution in [-0.2, 0) is 14.1 Å². The zero-order chi connectivity index (χ0) is 9.56. The fraction of sp³-hybridized carbons (Fsp3) is 0.667. The molecule has 2 N–H and O–H groups in total. The molecular formula is C6H12NO4P. The van der Waals surface area contributed by atoms with E-state index in [9.17, 15) is 4.79 Å². The summed E-state index contributed by atoms with van der Waals surface area (Å²) in [5, 5.41) is 7.09. The second kappa shape index (κ2) is 6.06. The fourth-order valence-electron chi connectivity index (χ4n) is 0.464. The van der Waals surface area contributed by atoms with Gasteiger partial charge in [0.2, 0.25) is 8.38 Å². The Labute approximate surface area is 72.1 Å². The van der Waals surface area contributed by atoms with Crippen LogP contribution < -0.4 is 0 Å². The van der Waals surface area contributed by atoms with Crippen molar-refractivity contribution >= 4 is 19.8 Å². The quantitative estimate of drug-likeness (QED) is 0.385. The average Bonchev–Trinajstić information content (AvgIpc) is 2.04. The Morgan fingerprint density at radius 1 is 1.50 bits per heavy atom. The Morgan fingerprint density at radius 2 is 2.08 bits per heavy atom. The van der Waals surface area contributed by atoms with Crippen LogP contribution in [0.4, 0.5) is 0 Å². The van der Waals surface area contributed by atoms with E-state index in [0.29, 0.717) is 0 Å². The molecule has 1 unspecified atom stereocenters. The first-order valence-electron chi connectivity index (χ1n) is 3.51. The summed E-state index contributed by atoms with van der Waals surface area (Å²) in [4.78, 5) is 19.8. The number of hydrogen-bond acceptors (Lipinski definition) is 5. The van der Waals surface area contributed by atoms with Gasteiger partial charge < -0.3 is 14.2 Å². The number of carbonyl (C=O) groups is 1. The lowest BCUT2D eigenvalue weighted by Gasteiger charge is -2.08. The van der Waals surface area contributed by atoms with Crippen molar-refractivity contribution in [3.05, 3.63) is 0 Å². The van der Waals surface area contributed by atoms with Crippen LogP contribution in [0.5, 0.6) is 0 Å². The van der Waals surface area contributed by atoms with E-state index in [1.165, 1.54) is 0 Å². The molecule has 0 amide bonds. The van der Waals surface area contributed by atoms with E-state index in [4.69, 9.17) is 10.3 Å². The van der Waals surface area contributed by atoms with E-state index in [1.807, 2.05) is 0 Å². The largest absolute Gasteiger partial charge is 0.461 e. The van der Waals surface area contributed by atoms with Gasteiger partial charge in [-0.15, -0.1) is 0 Å². The van der Waals surface area contributed by atoms with Gasteiger partial charge in [0.05, 0.1) is 13.2 Å². The Balaban J connectivity index is 3.91. The maximum absolute atomic E-state index is 10.8. The van der Waals surface area contributed by atoms with Crippen molar-refractivity contribution in [3.8, 4) is 0 Å². The summed E-state index contributed by atoms with van der Waals surface area (Å²) in [5.41, 5.74) is -0.506. The number of ether oxygens (including phenoxy) is 1. The summed E-state index contributed by atoms with van der Waals surface area (Å²) < 4.78 is 9.15. The summed E-state index contributed by atoms with van der Waals surface area (Å²) >= 11 is 0. The second-order valence-corrected chi connectivity index (χ2v) is 3.01. The smallest absolute Gasteiger partial charge is 0.361 e. The van der Waals surface area contributed by atoms with E-state index in [2.05, 4.69) is 9.26 Å². The molecule has 0 heterocycles. The van der Waals surface area contributed by atoms with Gasteiger partial charge in [-0.2, -0.15) is 0 Å². The lowest BCUT2D eigenvalue weighted by atomic mass is 10.7. The zero-order valence-electron chi connectivity index (χ0n) is 7.03. The third kappa shape index (κ3) is 3.76. The van der Waals surface area contributed by atoms with E-state index in [1.54, 1.807) is 13.8 Å². The molecule has 0 spiro atoms. The molecule has 1 atom stereocenters. The number of carbonyl (C=O) groups excluding carboxylic acids is 1. The molecule has 0 saturated carbocycles. The molecule has 70 valence electrons. The molecule has 5 nitrogen and oxygen atoms in total. The maximum atomic E-state index is 10.8. The zero-order valence-corrected chi connectivity index (χ0v) is 7.93. The van der Waals surface area contributed by atoms with E-state index in [-0.39, 0.29) is 13.2 Å². The monoisotopic (exact) mass is 193 g/mol. The molecular weight excluding hydrogens is 181 g/mol. The van der Waals surface area contributed by atoms with Crippen LogP contribution >= 0.6 is 8.38 Å². The topological polar surface area (TPSA) is 79.6 Å². The highest BCUT2D eigenvalue weighted by Crippen LogP contribution is 2.32. The summed E-state index contributed by atoms with van der Waals surface area (Å²) in [7, 11) is -2.08. The SMILES string of the molecule is CCOC(=O)C(=N)P(O)OCC. The molecule has 0 aliphatic heterocycles. The second-order valence-electron chi connectivity index (χ2n) is 1.76. The van der Waals surface area contributed by atoms with Crippen LogP contribution in [-0.4, -0.2) is 29.5 Å². The van der Waals surface area contributed by atoms with Crippen molar-refractivity contribution in [1.82, 2.24) is 0 Å². The molecule has 0 saturated heterocycles. The molecule has 0 aromatic carbocycles. The van der Waals surface area contributed by atoms with Gasteiger partial charge >= 0.3 is 5.97 Å². The molecule has 0 aliphatic carbocycles. The summed E-state index contributed by atoms with van der Waals surface area (Å²) in [6, 6.07) is 0. The first-order valence-corrected chi connectivity index (χ1v) is 4.72. The molecule has 0 bridgehead atoms. The molecule has 0 rings (SSSR count). The summed E-state index contributed by atoms with van der Waals surface area (Å²) in [6.45, 7) is 3.76. The van der Waals surface area contributed by atoms with Crippen molar-refractivity contribution in [2.24, 2.45) is 0 Å². The Kier molecular flexibility index (Phi) is 5.80. The van der Waals surface area contributed by atoms with Crippen molar-refractivity contribution in [2.75, 3.05) is 13.2 Å². The number of esters is 1. The lowest BCUT2D eigenvalue weighted by molar-refractivity contribution is -0.134. The maximum Gasteiger partial charge on any atom is 0.361 e. The van der Waals surface area contributed by atoms with Crippen LogP contribution in [0, 0.1) is 5.41 Å². The van der Waals surface area contributed by atoms with Crippen LogP contribution in [0.3, 0.4) is 0 Å². The lowest BCUT2D eigenvalue weighted by Crippen LogP contribution is -2.15. The third-order valence-corrected chi connectivity index (χ3v) is 1.98. The van der Waals surface area contributed by atoms with Gasteiger partial charge in [-0.05, 0) is 13.8 Å². The van der Waals surface area contributed by atoms with Gasteiger partial charge in [-0.25, -0.2) is 4.79 Å². The Hall–Kier alpha value is -0.510. The number of nitrogens with one attached hydrogen (secondary N) is 1. The third-order valence-electron chi connectivity index (χ3n) is 0.911. The number of rotatable bonds is 5. The van der Waals surface area contributed by atoms with Crippen LogP contribution in [0.1, 0.15) is 13.8 Å². The summed E-state index contributed by atoms with van der Waals surface area (Å²) in [6.07, 6.45) is 0. The van der Waals surface area contributed by atoms with Gasteiger partial charge in [-0.3, -0.25) is 5.41 Å². The van der Waals surface area contributed by atoms with Crippen LogP contribution in [0.2, 0.25) is 0 Å². The van der Waals surface area contributed by atoms with Crippen molar-refractivity contribution in [2.45, 2.75) is 13.8 Å². The van der Waals surface area contributed by atoms with Gasteiger partial charge in [-0.1, -0.05) is 0 Å². The molecule has 0 fully saturated rings. The fourth-order valence-corrected chi connectivity index (χ4v) is 1.06. The molecule has 0 aromatic rings. The number of hydrogen-bond donors (Lipinski definition) is 2. The van der Waals surface area contributed by atoms with Crippen LogP contribution in [0.15, 0.2) is 0 Å². The Morgan fingerprint density at radius 3 is 2.50 bits per heavy atom. The Bertz CT molecular complexity index is 173. The highest BCUT2D eigenvalue weighted by atomic mass is 31.2. The predicted molar refractivity (Wildman–Crippen MR) is 45.1 cm³/mol. The normalized spacial score (nSPS) is 12.2. The van der Waals surface area contributed by atoms with Crippen molar-refractivity contribution < 1.29 is 18.9 Å². The average molecular weight is 193 g/mol. The molecule has 0 radical (unpaired) electrons. The minimum absolute atomic E-state index is 0.191. The molecule has 0 aromatic heterocycles. The summed E-state index contributed by atoms with van der Waals surface area (Å²) in [5.74, 6) is -0.820. The van der Waals surface area contributed by atoms with E-state index in [0.717, 1.165) is 0 Å². The van der Waals surface area contributed by atoms with Crippen molar-refractivity contribution in [1.29, 1.82) is 5.41 Å². The molecule has 12 heavy (non-hydrogen) atoms. The highest BCUT2D eigenvalue weighted by molar-refractivity contribution is 7.68. The van der Waals surface area contributed by atoms with Crippen molar-refractivity contribution in [3.63, 3.8) is 0 Å². The minimum Gasteiger partial charge on any atom is -0.461 e. The van der Waals surface area contributed by atoms with Gasteiger partial charge in [0.1, 0.15) is 0 Å². The molecule has 0 aliphatic rings. The highest BCUT2D eigenvalue weighted by Gasteiger charge is 2.21. The van der Waals surface area contributed by atoms with Gasteiger partial charge in [0.25, 0.3) is 0 Å². The van der Waals surface area contributed by atoms with E-state index >= 15 is 0 Å². The standard InChI is InChI=1S/C6H12NO4P/c1-3-10-6(8)5(7)12(9)11-4-2/h7,9H,3-4H2,1-2H3.